The van der Waals surface area contributed by atoms with Gasteiger partial charge in [0.25, 0.3) is 0 Å². The molecule has 2 nitrogen and oxygen atoms in total. The molecule has 0 radical (unpaired) electrons. The first-order chi connectivity index (χ1) is 8.93. The second-order valence-electron chi connectivity index (χ2n) is 5.90. The Hall–Kier alpha value is -0.860. The lowest BCUT2D eigenvalue weighted by Gasteiger charge is -2.29. The van der Waals surface area contributed by atoms with E-state index >= 15 is 0 Å². The van der Waals surface area contributed by atoms with E-state index in [9.17, 15) is 5.11 Å². The predicted molar refractivity (Wildman–Crippen MR) is 82.4 cm³/mol. The van der Waals surface area contributed by atoms with Crippen molar-refractivity contribution in [2.75, 3.05) is 6.54 Å². The van der Waals surface area contributed by atoms with E-state index in [0.717, 1.165) is 25.9 Å². The summed E-state index contributed by atoms with van der Waals surface area (Å²) < 4.78 is 0. The highest BCUT2D eigenvalue weighted by molar-refractivity contribution is 5.30. The lowest BCUT2D eigenvalue weighted by Crippen LogP contribution is -2.37. The minimum atomic E-state index is -0.211. The lowest BCUT2D eigenvalue weighted by molar-refractivity contribution is 0.0842. The maximum atomic E-state index is 10.0. The van der Waals surface area contributed by atoms with Crippen molar-refractivity contribution in [3.63, 3.8) is 0 Å². The largest absolute Gasteiger partial charge is 0.392 e. The number of aliphatic hydroxyl groups excluding tert-OH is 1. The fraction of sp³-hybridized carbons (Fsp3) is 0.647. The van der Waals surface area contributed by atoms with Crippen LogP contribution in [0.3, 0.4) is 0 Å². The minimum Gasteiger partial charge on any atom is -0.392 e. The molecule has 0 aliphatic heterocycles. The van der Waals surface area contributed by atoms with Crippen LogP contribution in [-0.4, -0.2) is 28.7 Å². The van der Waals surface area contributed by atoms with Gasteiger partial charge >= 0.3 is 0 Å². The molecule has 2 heteroatoms. The summed E-state index contributed by atoms with van der Waals surface area (Å²) in [5, 5.41) is 10.0. The molecule has 108 valence electrons. The highest BCUT2D eigenvalue weighted by Gasteiger charge is 2.15. The van der Waals surface area contributed by atoms with Gasteiger partial charge in [0.05, 0.1) is 6.10 Å². The molecular formula is C17H29NO. The normalized spacial score (nSPS) is 13.3. The Kier molecular flexibility index (Phi) is 6.53. The van der Waals surface area contributed by atoms with Gasteiger partial charge in [-0.2, -0.15) is 0 Å². The summed E-state index contributed by atoms with van der Waals surface area (Å²) in [4.78, 5) is 2.36. The van der Waals surface area contributed by atoms with Crippen molar-refractivity contribution in [2.45, 2.75) is 66.2 Å². The zero-order chi connectivity index (χ0) is 14.4. The summed E-state index contributed by atoms with van der Waals surface area (Å²) in [5.74, 6) is 0. The van der Waals surface area contributed by atoms with Gasteiger partial charge in [-0.15, -0.1) is 0 Å². The van der Waals surface area contributed by atoms with Crippen LogP contribution in [0, 0.1) is 13.8 Å². The molecule has 1 aromatic carbocycles. The van der Waals surface area contributed by atoms with Crippen molar-refractivity contribution in [2.24, 2.45) is 0 Å². The van der Waals surface area contributed by atoms with E-state index in [1.165, 1.54) is 16.7 Å². The first-order valence-electron chi connectivity index (χ1n) is 7.42. The molecule has 1 N–H and O–H groups in total. The number of aliphatic hydroxyl groups is 1. The average Bonchev–Trinajstić information content (AvgIpc) is 2.33. The topological polar surface area (TPSA) is 23.5 Å². The molecule has 0 aliphatic rings. The van der Waals surface area contributed by atoms with Crippen LogP contribution in [0.15, 0.2) is 18.2 Å². The molecule has 0 aromatic heterocycles. The zero-order valence-electron chi connectivity index (χ0n) is 13.1. The summed E-state index contributed by atoms with van der Waals surface area (Å²) >= 11 is 0. The second kappa shape index (κ2) is 7.66. The van der Waals surface area contributed by atoms with Crippen molar-refractivity contribution in [3.05, 3.63) is 34.9 Å². The van der Waals surface area contributed by atoms with E-state index in [-0.39, 0.29) is 6.10 Å². The Labute approximate surface area is 118 Å². The van der Waals surface area contributed by atoms with Crippen LogP contribution in [0.5, 0.6) is 0 Å². The van der Waals surface area contributed by atoms with Gasteiger partial charge in [0.15, 0.2) is 0 Å². The molecule has 0 amide bonds. The molecule has 1 rings (SSSR count). The van der Waals surface area contributed by atoms with Gasteiger partial charge in [0.2, 0.25) is 0 Å². The van der Waals surface area contributed by atoms with Crippen LogP contribution < -0.4 is 0 Å². The summed E-state index contributed by atoms with van der Waals surface area (Å²) in [6, 6.07) is 7.05. The second-order valence-corrected chi connectivity index (χ2v) is 5.90. The van der Waals surface area contributed by atoms with E-state index in [4.69, 9.17) is 0 Å². The molecule has 0 heterocycles. The fourth-order valence-corrected chi connectivity index (χ4v) is 2.34. The Morgan fingerprint density at radius 2 is 1.89 bits per heavy atom. The number of hydrogen-bond donors (Lipinski definition) is 1. The van der Waals surface area contributed by atoms with Crippen LogP contribution in [0.1, 0.15) is 50.3 Å². The van der Waals surface area contributed by atoms with Crippen LogP contribution in [0.25, 0.3) is 0 Å². The average molecular weight is 263 g/mol. The maximum absolute atomic E-state index is 10.0. The molecular weight excluding hydrogens is 234 g/mol. The monoisotopic (exact) mass is 263 g/mol. The minimum absolute atomic E-state index is 0.211. The van der Waals surface area contributed by atoms with E-state index in [2.05, 4.69) is 57.7 Å². The quantitative estimate of drug-likeness (QED) is 0.811. The SMILES string of the molecule is CCCC(O)CN(Cc1cc(C)ccc1C)C(C)C. The van der Waals surface area contributed by atoms with E-state index in [0.29, 0.717) is 6.04 Å². The summed E-state index contributed by atoms with van der Waals surface area (Å²) in [7, 11) is 0. The molecule has 19 heavy (non-hydrogen) atoms. The van der Waals surface area contributed by atoms with Crippen LogP contribution >= 0.6 is 0 Å². The van der Waals surface area contributed by atoms with Gasteiger partial charge in [-0.1, -0.05) is 37.1 Å². The third kappa shape index (κ3) is 5.33. The van der Waals surface area contributed by atoms with Crippen LogP contribution in [0.4, 0.5) is 0 Å². The third-order valence-electron chi connectivity index (χ3n) is 3.68. The highest BCUT2D eigenvalue weighted by atomic mass is 16.3. The van der Waals surface area contributed by atoms with Crippen molar-refractivity contribution >= 4 is 0 Å². The standard InChI is InChI=1S/C17H29NO/c1-6-7-17(19)12-18(13(2)3)11-16-10-14(4)8-9-15(16)5/h8-10,13,17,19H,6-7,11-12H2,1-5H3. The van der Waals surface area contributed by atoms with Gasteiger partial charge in [-0.3, -0.25) is 4.90 Å². The van der Waals surface area contributed by atoms with Crippen LogP contribution in [-0.2, 0) is 6.54 Å². The Balaban J connectivity index is 2.75. The van der Waals surface area contributed by atoms with Crippen molar-refractivity contribution in [1.82, 2.24) is 4.90 Å². The maximum Gasteiger partial charge on any atom is 0.0667 e. The van der Waals surface area contributed by atoms with Gasteiger partial charge in [-0.25, -0.2) is 0 Å². The highest BCUT2D eigenvalue weighted by Crippen LogP contribution is 2.16. The predicted octanol–water partition coefficient (Wildman–Crippen LogP) is 3.67. The molecule has 0 fully saturated rings. The molecule has 0 saturated carbocycles. The molecule has 1 atom stereocenters. The zero-order valence-corrected chi connectivity index (χ0v) is 13.1. The Bertz CT molecular complexity index is 387. The summed E-state index contributed by atoms with van der Waals surface area (Å²) in [6.07, 6.45) is 1.71. The molecule has 0 aliphatic carbocycles. The van der Waals surface area contributed by atoms with E-state index < -0.39 is 0 Å². The number of nitrogens with zero attached hydrogens (tertiary/aromatic N) is 1. The fourth-order valence-electron chi connectivity index (χ4n) is 2.34. The van der Waals surface area contributed by atoms with Crippen molar-refractivity contribution in [1.29, 1.82) is 0 Å². The smallest absolute Gasteiger partial charge is 0.0667 e. The third-order valence-corrected chi connectivity index (χ3v) is 3.68. The lowest BCUT2D eigenvalue weighted by atomic mass is 10.0. The Morgan fingerprint density at radius 1 is 1.21 bits per heavy atom. The Morgan fingerprint density at radius 3 is 2.47 bits per heavy atom. The molecule has 0 spiro atoms. The first kappa shape index (κ1) is 16.2. The number of aryl methyl sites for hydroxylation is 2. The number of benzene rings is 1. The molecule has 0 saturated heterocycles. The van der Waals surface area contributed by atoms with Crippen LogP contribution in [0.2, 0.25) is 0 Å². The van der Waals surface area contributed by atoms with Gasteiger partial charge in [-0.05, 0) is 45.2 Å². The van der Waals surface area contributed by atoms with E-state index in [1.54, 1.807) is 0 Å². The summed E-state index contributed by atoms with van der Waals surface area (Å²) in [6.45, 7) is 12.5. The molecule has 1 unspecified atom stereocenters. The number of hydrogen-bond acceptors (Lipinski definition) is 2. The summed E-state index contributed by atoms with van der Waals surface area (Å²) in [5.41, 5.74) is 4.01. The molecule has 0 bridgehead atoms. The van der Waals surface area contributed by atoms with Crippen molar-refractivity contribution in [3.8, 4) is 0 Å². The first-order valence-corrected chi connectivity index (χ1v) is 7.42. The van der Waals surface area contributed by atoms with Gasteiger partial charge < -0.3 is 5.11 Å². The number of rotatable bonds is 7. The molecule has 1 aromatic rings. The van der Waals surface area contributed by atoms with Crippen molar-refractivity contribution < 1.29 is 5.11 Å². The van der Waals surface area contributed by atoms with Gasteiger partial charge in [0, 0.05) is 19.1 Å². The van der Waals surface area contributed by atoms with Gasteiger partial charge in [0.1, 0.15) is 0 Å². The van der Waals surface area contributed by atoms with E-state index in [1.807, 2.05) is 0 Å².